The minimum atomic E-state index is -0.935. The summed E-state index contributed by atoms with van der Waals surface area (Å²) >= 11 is 0. The SMILES string of the molecule is CCCC(CC)NCc1oc2ccccc2c1C(=O)O. The molecule has 1 aromatic carbocycles. The lowest BCUT2D eigenvalue weighted by molar-refractivity contribution is 0.0696. The van der Waals surface area contributed by atoms with Gasteiger partial charge in [0.15, 0.2) is 0 Å². The van der Waals surface area contributed by atoms with E-state index in [0.29, 0.717) is 29.3 Å². The average molecular weight is 275 g/mol. The van der Waals surface area contributed by atoms with Crippen LogP contribution in [0.25, 0.3) is 11.0 Å². The van der Waals surface area contributed by atoms with Gasteiger partial charge in [0.1, 0.15) is 16.9 Å². The largest absolute Gasteiger partial charge is 0.478 e. The minimum Gasteiger partial charge on any atom is -0.478 e. The van der Waals surface area contributed by atoms with E-state index in [1.54, 1.807) is 12.1 Å². The molecule has 0 saturated heterocycles. The molecular weight excluding hydrogens is 254 g/mol. The number of aromatic carboxylic acids is 1. The molecule has 4 heteroatoms. The van der Waals surface area contributed by atoms with E-state index in [9.17, 15) is 9.90 Å². The minimum absolute atomic E-state index is 0.277. The van der Waals surface area contributed by atoms with Gasteiger partial charge >= 0.3 is 5.97 Å². The Hall–Kier alpha value is -1.81. The Balaban J connectivity index is 2.25. The van der Waals surface area contributed by atoms with Crippen LogP contribution in [-0.4, -0.2) is 17.1 Å². The topological polar surface area (TPSA) is 62.5 Å². The molecule has 0 aliphatic rings. The Morgan fingerprint density at radius 3 is 2.75 bits per heavy atom. The summed E-state index contributed by atoms with van der Waals surface area (Å²) < 4.78 is 5.69. The van der Waals surface area contributed by atoms with Crippen LogP contribution in [0.1, 0.15) is 49.2 Å². The van der Waals surface area contributed by atoms with Gasteiger partial charge in [-0.05, 0) is 18.9 Å². The Morgan fingerprint density at radius 2 is 2.10 bits per heavy atom. The van der Waals surface area contributed by atoms with Crippen LogP contribution in [0.4, 0.5) is 0 Å². The second-order valence-electron chi connectivity index (χ2n) is 4.98. The zero-order chi connectivity index (χ0) is 14.5. The fourth-order valence-electron chi connectivity index (χ4n) is 2.49. The maximum Gasteiger partial charge on any atom is 0.339 e. The highest BCUT2D eigenvalue weighted by Crippen LogP contribution is 2.26. The number of carbonyl (C=O) groups is 1. The molecule has 1 aromatic heterocycles. The molecule has 0 bridgehead atoms. The molecule has 0 spiro atoms. The monoisotopic (exact) mass is 275 g/mol. The van der Waals surface area contributed by atoms with Gasteiger partial charge in [-0.1, -0.05) is 38.5 Å². The number of hydrogen-bond acceptors (Lipinski definition) is 3. The number of rotatable bonds is 7. The van der Waals surface area contributed by atoms with Crippen molar-refractivity contribution in [3.05, 3.63) is 35.6 Å². The number of benzene rings is 1. The first-order valence-corrected chi connectivity index (χ1v) is 7.14. The number of carboxylic acids is 1. The molecular formula is C16H21NO3. The highest BCUT2D eigenvalue weighted by atomic mass is 16.4. The lowest BCUT2D eigenvalue weighted by atomic mass is 10.1. The predicted molar refractivity (Wildman–Crippen MR) is 79.0 cm³/mol. The van der Waals surface area contributed by atoms with E-state index < -0.39 is 5.97 Å². The lowest BCUT2D eigenvalue weighted by Gasteiger charge is -2.15. The van der Waals surface area contributed by atoms with Crippen molar-refractivity contribution < 1.29 is 14.3 Å². The van der Waals surface area contributed by atoms with Crippen molar-refractivity contribution in [3.8, 4) is 0 Å². The van der Waals surface area contributed by atoms with E-state index in [0.717, 1.165) is 19.3 Å². The zero-order valence-corrected chi connectivity index (χ0v) is 12.0. The third-order valence-corrected chi connectivity index (χ3v) is 3.56. The summed E-state index contributed by atoms with van der Waals surface area (Å²) in [5, 5.41) is 13.4. The van der Waals surface area contributed by atoms with Gasteiger partial charge in [0, 0.05) is 11.4 Å². The number of furan rings is 1. The third-order valence-electron chi connectivity index (χ3n) is 3.56. The van der Waals surface area contributed by atoms with Gasteiger partial charge in [-0.15, -0.1) is 0 Å². The zero-order valence-electron chi connectivity index (χ0n) is 12.0. The number of fused-ring (bicyclic) bond motifs is 1. The molecule has 20 heavy (non-hydrogen) atoms. The molecule has 1 heterocycles. The molecule has 1 atom stereocenters. The Morgan fingerprint density at radius 1 is 1.35 bits per heavy atom. The van der Waals surface area contributed by atoms with Crippen molar-refractivity contribution in [1.82, 2.24) is 5.32 Å². The quantitative estimate of drug-likeness (QED) is 0.806. The van der Waals surface area contributed by atoms with Crippen LogP contribution >= 0.6 is 0 Å². The lowest BCUT2D eigenvalue weighted by Crippen LogP contribution is -2.28. The average Bonchev–Trinajstić information content (AvgIpc) is 2.81. The maximum atomic E-state index is 11.4. The van der Waals surface area contributed by atoms with Crippen LogP contribution in [0.15, 0.2) is 28.7 Å². The van der Waals surface area contributed by atoms with Crippen LogP contribution in [0.5, 0.6) is 0 Å². The van der Waals surface area contributed by atoms with Crippen molar-refractivity contribution in [2.75, 3.05) is 0 Å². The molecule has 0 aliphatic heterocycles. The molecule has 108 valence electrons. The molecule has 0 radical (unpaired) electrons. The summed E-state index contributed by atoms with van der Waals surface area (Å²) in [7, 11) is 0. The summed E-state index contributed by atoms with van der Waals surface area (Å²) in [6.07, 6.45) is 3.22. The summed E-state index contributed by atoms with van der Waals surface area (Å²) in [4.78, 5) is 11.4. The fourth-order valence-corrected chi connectivity index (χ4v) is 2.49. The van der Waals surface area contributed by atoms with E-state index in [1.165, 1.54) is 0 Å². The molecule has 4 nitrogen and oxygen atoms in total. The van der Waals surface area contributed by atoms with Gasteiger partial charge in [-0.25, -0.2) is 4.79 Å². The molecule has 0 aliphatic carbocycles. The van der Waals surface area contributed by atoms with Crippen LogP contribution in [0, 0.1) is 0 Å². The van der Waals surface area contributed by atoms with Crippen LogP contribution in [-0.2, 0) is 6.54 Å². The van der Waals surface area contributed by atoms with Gasteiger partial charge < -0.3 is 14.8 Å². The van der Waals surface area contributed by atoms with E-state index in [-0.39, 0.29) is 5.56 Å². The van der Waals surface area contributed by atoms with Gasteiger partial charge in [0.2, 0.25) is 0 Å². The van der Waals surface area contributed by atoms with Crippen molar-refractivity contribution in [2.45, 2.75) is 45.7 Å². The normalized spacial score (nSPS) is 12.7. The first-order valence-electron chi connectivity index (χ1n) is 7.14. The second-order valence-corrected chi connectivity index (χ2v) is 4.98. The Labute approximate surface area is 118 Å². The van der Waals surface area contributed by atoms with E-state index >= 15 is 0 Å². The maximum absolute atomic E-state index is 11.4. The highest BCUT2D eigenvalue weighted by molar-refractivity contribution is 6.03. The predicted octanol–water partition coefficient (Wildman–Crippen LogP) is 3.80. The van der Waals surface area contributed by atoms with E-state index in [4.69, 9.17) is 4.42 Å². The molecule has 0 saturated carbocycles. The molecule has 0 amide bonds. The molecule has 2 N–H and O–H groups in total. The van der Waals surface area contributed by atoms with Crippen molar-refractivity contribution in [2.24, 2.45) is 0 Å². The van der Waals surface area contributed by atoms with Crippen molar-refractivity contribution in [1.29, 1.82) is 0 Å². The van der Waals surface area contributed by atoms with Gasteiger partial charge in [-0.2, -0.15) is 0 Å². The van der Waals surface area contributed by atoms with Gasteiger partial charge in [0.25, 0.3) is 0 Å². The van der Waals surface area contributed by atoms with Gasteiger partial charge in [-0.3, -0.25) is 0 Å². The fraction of sp³-hybridized carbons (Fsp3) is 0.438. The van der Waals surface area contributed by atoms with Crippen molar-refractivity contribution >= 4 is 16.9 Å². The van der Waals surface area contributed by atoms with Crippen LogP contribution in [0.2, 0.25) is 0 Å². The highest BCUT2D eigenvalue weighted by Gasteiger charge is 2.20. The molecule has 2 aromatic rings. The Bertz CT molecular complexity index is 588. The van der Waals surface area contributed by atoms with Gasteiger partial charge in [0.05, 0.1) is 6.54 Å². The first-order chi connectivity index (χ1) is 9.67. The molecule has 2 rings (SSSR count). The summed E-state index contributed by atoms with van der Waals surface area (Å²) in [6.45, 7) is 4.73. The standard InChI is InChI=1S/C16H21NO3/c1-3-7-11(4-2)17-10-14-15(16(18)19)12-8-5-6-9-13(12)20-14/h5-6,8-9,11,17H,3-4,7,10H2,1-2H3,(H,18,19). The van der Waals surface area contributed by atoms with E-state index in [1.807, 2.05) is 12.1 Å². The number of hydrogen-bond donors (Lipinski definition) is 2. The third kappa shape index (κ3) is 3.02. The van der Waals surface area contributed by atoms with E-state index in [2.05, 4.69) is 19.2 Å². The van der Waals surface area contributed by atoms with Crippen LogP contribution < -0.4 is 5.32 Å². The van der Waals surface area contributed by atoms with Crippen molar-refractivity contribution in [3.63, 3.8) is 0 Å². The second kappa shape index (κ2) is 6.57. The Kier molecular flexibility index (Phi) is 4.79. The van der Waals surface area contributed by atoms with Crippen LogP contribution in [0.3, 0.4) is 0 Å². The summed E-state index contributed by atoms with van der Waals surface area (Å²) in [6, 6.07) is 7.66. The smallest absolute Gasteiger partial charge is 0.339 e. The first kappa shape index (κ1) is 14.6. The number of carboxylic acid groups (broad SMARTS) is 1. The summed E-state index contributed by atoms with van der Waals surface area (Å²) in [5.74, 6) is -0.427. The molecule has 0 fully saturated rings. The molecule has 1 unspecified atom stereocenters. The summed E-state index contributed by atoms with van der Waals surface area (Å²) in [5.41, 5.74) is 0.907. The number of nitrogens with one attached hydrogen (secondary N) is 1. The number of para-hydroxylation sites is 1.